The van der Waals surface area contributed by atoms with E-state index in [2.05, 4.69) is 30.8 Å². The first-order valence-corrected chi connectivity index (χ1v) is 6.17. The molecule has 0 rings (SSSR count). The summed E-state index contributed by atoms with van der Waals surface area (Å²) in [6, 6.07) is 0. The topological polar surface area (TPSA) is 58.9 Å². The van der Waals surface area contributed by atoms with Gasteiger partial charge in [0, 0.05) is 0 Å². The van der Waals surface area contributed by atoms with Gasteiger partial charge in [-0.3, -0.25) is 0 Å². The van der Waals surface area contributed by atoms with Crippen LogP contribution in [0.3, 0.4) is 0 Å². The van der Waals surface area contributed by atoms with E-state index in [1.165, 1.54) is 0 Å². The molecule has 0 heterocycles. The van der Waals surface area contributed by atoms with Crippen LogP contribution >= 0.6 is 0 Å². The highest BCUT2D eigenvalue weighted by atomic mass is 16.1. The molecule has 0 saturated heterocycles. The fourth-order valence-electron chi connectivity index (χ4n) is 1.93. The van der Waals surface area contributed by atoms with Crippen molar-refractivity contribution in [1.29, 1.82) is 0 Å². The maximum absolute atomic E-state index is 9.98. The SMILES string of the molecule is CC(CCC(C)CC(C)CN=C=O)CN=C=O. The summed E-state index contributed by atoms with van der Waals surface area (Å²) in [7, 11) is 0. The number of nitrogens with zero attached hydrogens (tertiary/aromatic N) is 2. The van der Waals surface area contributed by atoms with Crippen LogP contribution in [0.15, 0.2) is 9.98 Å². The Balaban J connectivity index is 3.74. The van der Waals surface area contributed by atoms with Crippen LogP contribution in [0.1, 0.15) is 40.0 Å². The zero-order chi connectivity index (χ0) is 13.1. The largest absolute Gasteiger partial charge is 0.234 e. The van der Waals surface area contributed by atoms with Gasteiger partial charge >= 0.3 is 0 Å². The minimum Gasteiger partial charge on any atom is -0.211 e. The maximum atomic E-state index is 9.98. The molecule has 0 spiro atoms. The van der Waals surface area contributed by atoms with E-state index in [0.717, 1.165) is 19.3 Å². The number of isocyanates is 2. The third-order valence-electron chi connectivity index (χ3n) is 2.89. The van der Waals surface area contributed by atoms with Gasteiger partial charge in [-0.05, 0) is 30.6 Å². The summed E-state index contributed by atoms with van der Waals surface area (Å²) < 4.78 is 0. The Labute approximate surface area is 103 Å². The molecule has 0 aromatic rings. The molecule has 0 aromatic carbocycles. The normalized spacial score (nSPS) is 15.2. The van der Waals surface area contributed by atoms with Gasteiger partial charge < -0.3 is 0 Å². The lowest BCUT2D eigenvalue weighted by Gasteiger charge is -2.16. The summed E-state index contributed by atoms with van der Waals surface area (Å²) >= 11 is 0. The van der Waals surface area contributed by atoms with Gasteiger partial charge in [-0.1, -0.05) is 27.2 Å². The van der Waals surface area contributed by atoms with E-state index in [-0.39, 0.29) is 0 Å². The Bertz CT molecular complexity index is 292. The van der Waals surface area contributed by atoms with Crippen molar-refractivity contribution in [2.45, 2.75) is 40.0 Å². The molecule has 0 radical (unpaired) electrons. The molecule has 0 amide bonds. The second-order valence-electron chi connectivity index (χ2n) is 4.99. The first kappa shape index (κ1) is 15.8. The zero-order valence-corrected chi connectivity index (χ0v) is 11.0. The van der Waals surface area contributed by atoms with Crippen LogP contribution in [0.5, 0.6) is 0 Å². The van der Waals surface area contributed by atoms with Crippen LogP contribution in [0.2, 0.25) is 0 Å². The van der Waals surface area contributed by atoms with Gasteiger partial charge in [0.05, 0.1) is 13.1 Å². The lowest BCUT2D eigenvalue weighted by molar-refractivity contribution is 0.366. The smallest absolute Gasteiger partial charge is 0.211 e. The molecule has 17 heavy (non-hydrogen) atoms. The summed E-state index contributed by atoms with van der Waals surface area (Å²) in [6.07, 6.45) is 6.38. The van der Waals surface area contributed by atoms with Crippen LogP contribution in [-0.2, 0) is 9.59 Å². The molecule has 0 fully saturated rings. The average Bonchev–Trinajstić information content (AvgIpc) is 2.31. The minimum atomic E-state index is 0.426. The van der Waals surface area contributed by atoms with Gasteiger partial charge in [0.1, 0.15) is 0 Å². The molecule has 3 unspecified atom stereocenters. The second-order valence-corrected chi connectivity index (χ2v) is 4.99. The predicted octanol–water partition coefficient (Wildman–Crippen LogP) is 2.74. The molecule has 3 atom stereocenters. The van der Waals surface area contributed by atoms with E-state index < -0.39 is 0 Å². The van der Waals surface area contributed by atoms with Crippen LogP contribution in [0.4, 0.5) is 0 Å². The van der Waals surface area contributed by atoms with Gasteiger partial charge in [0.2, 0.25) is 12.2 Å². The van der Waals surface area contributed by atoms with Crippen molar-refractivity contribution in [3.05, 3.63) is 0 Å². The molecule has 0 aliphatic rings. The van der Waals surface area contributed by atoms with E-state index in [9.17, 15) is 9.59 Å². The minimum absolute atomic E-state index is 0.426. The van der Waals surface area contributed by atoms with Gasteiger partial charge in [-0.15, -0.1) is 0 Å². The number of hydrogen-bond donors (Lipinski definition) is 0. The second kappa shape index (κ2) is 9.95. The van der Waals surface area contributed by atoms with Gasteiger partial charge in [-0.2, -0.15) is 0 Å². The number of aliphatic imine (C=N–C) groups is 2. The Morgan fingerprint density at radius 2 is 1.29 bits per heavy atom. The van der Waals surface area contributed by atoms with Crippen molar-refractivity contribution in [1.82, 2.24) is 0 Å². The van der Waals surface area contributed by atoms with E-state index in [1.807, 2.05) is 0 Å². The van der Waals surface area contributed by atoms with Crippen molar-refractivity contribution < 1.29 is 9.59 Å². The molecule has 0 saturated carbocycles. The van der Waals surface area contributed by atoms with Crippen molar-refractivity contribution >= 4 is 12.2 Å². The third kappa shape index (κ3) is 9.68. The Kier molecular flexibility index (Phi) is 9.22. The van der Waals surface area contributed by atoms with E-state index in [4.69, 9.17) is 0 Å². The van der Waals surface area contributed by atoms with Crippen molar-refractivity contribution in [2.75, 3.05) is 13.1 Å². The molecule has 0 aromatic heterocycles. The summed E-state index contributed by atoms with van der Waals surface area (Å²) in [5, 5.41) is 0. The van der Waals surface area contributed by atoms with E-state index in [0.29, 0.717) is 30.8 Å². The number of rotatable bonds is 9. The van der Waals surface area contributed by atoms with Gasteiger partial charge in [0.25, 0.3) is 0 Å². The van der Waals surface area contributed by atoms with E-state index >= 15 is 0 Å². The van der Waals surface area contributed by atoms with Crippen molar-refractivity contribution in [3.8, 4) is 0 Å². The molecule has 0 aliphatic heterocycles. The van der Waals surface area contributed by atoms with Crippen LogP contribution < -0.4 is 0 Å². The third-order valence-corrected chi connectivity index (χ3v) is 2.89. The maximum Gasteiger partial charge on any atom is 0.234 e. The first-order chi connectivity index (χ1) is 8.10. The molecule has 96 valence electrons. The highest BCUT2D eigenvalue weighted by molar-refractivity contribution is 5.33. The Morgan fingerprint density at radius 3 is 1.82 bits per heavy atom. The standard InChI is InChI=1S/C13H22N2O2/c1-11(6-13(3)8-15-10-17)4-5-12(2)7-14-9-16/h11-13H,4-8H2,1-3H3. The molecule has 0 aliphatic carbocycles. The summed E-state index contributed by atoms with van der Waals surface area (Å²) in [5.41, 5.74) is 0. The Hall–Kier alpha value is -1.24. The summed E-state index contributed by atoms with van der Waals surface area (Å²) in [6.45, 7) is 7.53. The van der Waals surface area contributed by atoms with Gasteiger partial charge in [-0.25, -0.2) is 19.6 Å². The number of hydrogen-bond acceptors (Lipinski definition) is 4. The predicted molar refractivity (Wildman–Crippen MR) is 67.3 cm³/mol. The van der Waals surface area contributed by atoms with Crippen molar-refractivity contribution in [3.63, 3.8) is 0 Å². The molecular formula is C13H22N2O2. The fourth-order valence-corrected chi connectivity index (χ4v) is 1.93. The monoisotopic (exact) mass is 238 g/mol. The molecular weight excluding hydrogens is 216 g/mol. The van der Waals surface area contributed by atoms with Crippen LogP contribution in [0, 0.1) is 17.8 Å². The highest BCUT2D eigenvalue weighted by Crippen LogP contribution is 2.19. The summed E-state index contributed by atoms with van der Waals surface area (Å²) in [4.78, 5) is 27.1. The molecule has 4 heteroatoms. The van der Waals surface area contributed by atoms with Crippen LogP contribution in [0.25, 0.3) is 0 Å². The quantitative estimate of drug-likeness (QED) is 0.458. The van der Waals surface area contributed by atoms with Gasteiger partial charge in [0.15, 0.2) is 0 Å². The molecule has 0 N–H and O–H groups in total. The Morgan fingerprint density at radius 1 is 0.824 bits per heavy atom. The molecule has 4 nitrogen and oxygen atoms in total. The lowest BCUT2D eigenvalue weighted by atomic mass is 9.91. The first-order valence-electron chi connectivity index (χ1n) is 6.17. The highest BCUT2D eigenvalue weighted by Gasteiger charge is 2.10. The fraction of sp³-hybridized carbons (Fsp3) is 0.846. The van der Waals surface area contributed by atoms with E-state index in [1.54, 1.807) is 12.2 Å². The van der Waals surface area contributed by atoms with Crippen LogP contribution in [-0.4, -0.2) is 25.2 Å². The zero-order valence-electron chi connectivity index (χ0n) is 11.0. The van der Waals surface area contributed by atoms with Crippen molar-refractivity contribution in [2.24, 2.45) is 27.7 Å². The average molecular weight is 238 g/mol. The molecule has 0 bridgehead atoms. The lowest BCUT2D eigenvalue weighted by Crippen LogP contribution is -2.08. The summed E-state index contributed by atoms with van der Waals surface area (Å²) in [5.74, 6) is 1.46. The number of carbonyl (C=O) groups excluding carboxylic acids is 2.